The first-order valence-electron chi connectivity index (χ1n) is 8.22. The average molecular weight is 333 g/mol. The lowest BCUT2D eigenvalue weighted by atomic mass is 10.0. The fraction of sp³-hybridized carbons (Fsp3) is 0.588. The molecule has 1 aromatic rings. The van der Waals surface area contributed by atoms with Gasteiger partial charge in [-0.05, 0) is 26.0 Å². The summed E-state index contributed by atoms with van der Waals surface area (Å²) < 4.78 is 11.5. The molecule has 1 unspecified atom stereocenters. The van der Waals surface area contributed by atoms with E-state index in [1.807, 2.05) is 13.8 Å². The number of ether oxygens (including phenoxy) is 2. The van der Waals surface area contributed by atoms with Crippen LogP contribution in [0, 0.1) is 0 Å². The lowest BCUT2D eigenvalue weighted by molar-refractivity contribution is -0.140. The van der Waals surface area contributed by atoms with Gasteiger partial charge in [0, 0.05) is 18.8 Å². The minimum Gasteiger partial charge on any atom is -0.368 e. The first-order chi connectivity index (χ1) is 11.5. The monoisotopic (exact) mass is 333 g/mol. The Labute approximate surface area is 141 Å². The third kappa shape index (κ3) is 3.42. The summed E-state index contributed by atoms with van der Waals surface area (Å²) in [6.45, 7) is 6.03. The molecule has 1 atom stereocenters. The van der Waals surface area contributed by atoms with Crippen molar-refractivity contribution >= 4 is 11.8 Å². The van der Waals surface area contributed by atoms with Crippen LogP contribution in [0.2, 0.25) is 0 Å². The van der Waals surface area contributed by atoms with Crippen molar-refractivity contribution in [3.05, 3.63) is 30.1 Å². The van der Waals surface area contributed by atoms with Gasteiger partial charge in [-0.2, -0.15) is 0 Å². The molecule has 24 heavy (non-hydrogen) atoms. The van der Waals surface area contributed by atoms with Crippen LogP contribution in [0.15, 0.2) is 24.4 Å². The fourth-order valence-corrected chi connectivity index (χ4v) is 3.17. The Morgan fingerprint density at radius 3 is 2.88 bits per heavy atom. The summed E-state index contributed by atoms with van der Waals surface area (Å²) in [5.41, 5.74) is -0.264. The van der Waals surface area contributed by atoms with Gasteiger partial charge in [-0.25, -0.2) is 0 Å². The van der Waals surface area contributed by atoms with Crippen LogP contribution in [0.3, 0.4) is 0 Å². The lowest BCUT2D eigenvalue weighted by Crippen LogP contribution is -2.60. The van der Waals surface area contributed by atoms with Crippen LogP contribution in [0.25, 0.3) is 0 Å². The molecule has 130 valence electrons. The van der Waals surface area contributed by atoms with Gasteiger partial charge in [0.25, 0.3) is 5.91 Å². The summed E-state index contributed by atoms with van der Waals surface area (Å²) >= 11 is 0. The molecule has 0 bridgehead atoms. The van der Waals surface area contributed by atoms with Crippen molar-refractivity contribution in [2.24, 2.45) is 0 Å². The molecular weight excluding hydrogens is 310 g/mol. The number of pyridine rings is 1. The molecule has 7 nitrogen and oxygen atoms in total. The summed E-state index contributed by atoms with van der Waals surface area (Å²) in [5.74, 6) is -0.163. The maximum Gasteiger partial charge on any atom is 0.272 e. The Bertz CT molecular complexity index is 607. The van der Waals surface area contributed by atoms with Gasteiger partial charge in [-0.15, -0.1) is 0 Å². The van der Waals surface area contributed by atoms with Gasteiger partial charge >= 0.3 is 0 Å². The predicted octanol–water partition coefficient (Wildman–Crippen LogP) is 0.560. The van der Waals surface area contributed by atoms with Crippen molar-refractivity contribution in [3.8, 4) is 0 Å². The second kappa shape index (κ2) is 6.86. The molecule has 2 saturated heterocycles. The van der Waals surface area contributed by atoms with E-state index in [9.17, 15) is 9.59 Å². The molecular formula is C17H23N3O4. The number of hydrogen-bond donors (Lipinski definition) is 0. The molecule has 3 rings (SSSR count). The predicted molar refractivity (Wildman–Crippen MR) is 86.5 cm³/mol. The van der Waals surface area contributed by atoms with E-state index in [0.29, 0.717) is 38.5 Å². The van der Waals surface area contributed by atoms with Gasteiger partial charge in [-0.3, -0.25) is 14.6 Å². The van der Waals surface area contributed by atoms with E-state index in [-0.39, 0.29) is 24.5 Å². The summed E-state index contributed by atoms with van der Waals surface area (Å²) in [4.78, 5) is 32.5. The zero-order chi connectivity index (χ0) is 17.2. The van der Waals surface area contributed by atoms with E-state index in [1.54, 1.807) is 34.2 Å². The van der Waals surface area contributed by atoms with Crippen LogP contribution in [-0.2, 0) is 14.3 Å². The maximum atomic E-state index is 12.7. The quantitative estimate of drug-likeness (QED) is 0.791. The third-order valence-electron chi connectivity index (χ3n) is 4.41. The Balaban J connectivity index is 1.78. The Kier molecular flexibility index (Phi) is 4.82. The number of nitrogens with zero attached hydrogens (tertiary/aromatic N) is 3. The van der Waals surface area contributed by atoms with Gasteiger partial charge < -0.3 is 19.3 Å². The number of hydrogen-bond acceptors (Lipinski definition) is 5. The second-order valence-electron chi connectivity index (χ2n) is 6.58. The molecule has 2 fully saturated rings. The van der Waals surface area contributed by atoms with Gasteiger partial charge in [0.15, 0.2) is 0 Å². The number of aromatic nitrogens is 1. The first-order valence-corrected chi connectivity index (χ1v) is 8.22. The third-order valence-corrected chi connectivity index (χ3v) is 4.41. The van der Waals surface area contributed by atoms with E-state index in [1.165, 1.54) is 0 Å². The van der Waals surface area contributed by atoms with Gasteiger partial charge in [0.05, 0.1) is 26.3 Å². The number of morpholine rings is 1. The number of amides is 2. The van der Waals surface area contributed by atoms with Crippen LogP contribution in [0.1, 0.15) is 24.3 Å². The van der Waals surface area contributed by atoms with E-state index >= 15 is 0 Å². The number of carbonyl (C=O) groups excluding carboxylic acids is 2. The zero-order valence-corrected chi connectivity index (χ0v) is 14.1. The van der Waals surface area contributed by atoms with E-state index in [4.69, 9.17) is 9.47 Å². The topological polar surface area (TPSA) is 72.0 Å². The second-order valence-corrected chi connectivity index (χ2v) is 6.58. The molecule has 0 aromatic carbocycles. The Hall–Kier alpha value is -1.99. The van der Waals surface area contributed by atoms with Crippen LogP contribution in [-0.4, -0.2) is 77.7 Å². The first kappa shape index (κ1) is 16.9. The van der Waals surface area contributed by atoms with Crippen LogP contribution in [0.4, 0.5) is 0 Å². The smallest absolute Gasteiger partial charge is 0.272 e. The van der Waals surface area contributed by atoms with Crippen molar-refractivity contribution < 1.29 is 19.1 Å². The highest BCUT2D eigenvalue weighted by atomic mass is 16.5. The van der Waals surface area contributed by atoms with E-state index in [0.717, 1.165) is 0 Å². The summed E-state index contributed by atoms with van der Waals surface area (Å²) in [5, 5.41) is 0. The summed E-state index contributed by atoms with van der Waals surface area (Å²) in [7, 11) is 0. The van der Waals surface area contributed by atoms with Crippen molar-refractivity contribution in [1.82, 2.24) is 14.8 Å². The standard InChI is InChI=1S/C17H23N3O4/c1-13(2)20-11-17(12-23-9-15(20)21)10-19(7-8-24-17)16(22)14-5-3-4-6-18-14/h3-6,13H,7-12H2,1-2H3. The highest BCUT2D eigenvalue weighted by molar-refractivity contribution is 5.92. The van der Waals surface area contributed by atoms with E-state index in [2.05, 4.69) is 4.98 Å². The highest BCUT2D eigenvalue weighted by Crippen LogP contribution is 2.25. The molecule has 0 aliphatic carbocycles. The van der Waals surface area contributed by atoms with Crippen molar-refractivity contribution in [3.63, 3.8) is 0 Å². The van der Waals surface area contributed by atoms with E-state index < -0.39 is 5.60 Å². The number of rotatable bonds is 2. The van der Waals surface area contributed by atoms with Crippen LogP contribution >= 0.6 is 0 Å². The molecule has 2 aliphatic rings. The maximum absolute atomic E-state index is 12.7. The largest absolute Gasteiger partial charge is 0.368 e. The molecule has 1 spiro atoms. The SMILES string of the molecule is CC(C)N1CC2(COCC1=O)CN(C(=O)c1ccccn1)CCO2. The molecule has 2 aliphatic heterocycles. The molecule has 1 aromatic heterocycles. The minimum atomic E-state index is -0.681. The molecule has 7 heteroatoms. The van der Waals surface area contributed by atoms with Crippen molar-refractivity contribution in [2.75, 3.05) is 39.5 Å². The van der Waals surface area contributed by atoms with Crippen molar-refractivity contribution in [1.29, 1.82) is 0 Å². The van der Waals surface area contributed by atoms with Crippen LogP contribution < -0.4 is 0 Å². The zero-order valence-electron chi connectivity index (χ0n) is 14.1. The highest BCUT2D eigenvalue weighted by Gasteiger charge is 2.43. The van der Waals surface area contributed by atoms with Crippen LogP contribution in [0.5, 0.6) is 0 Å². The minimum absolute atomic E-state index is 0.0429. The van der Waals surface area contributed by atoms with Gasteiger partial charge in [-0.1, -0.05) is 6.07 Å². The summed E-state index contributed by atoms with van der Waals surface area (Å²) in [6.07, 6.45) is 1.61. The summed E-state index contributed by atoms with van der Waals surface area (Å²) in [6, 6.07) is 5.34. The Morgan fingerprint density at radius 2 is 2.17 bits per heavy atom. The van der Waals surface area contributed by atoms with Crippen molar-refractivity contribution in [2.45, 2.75) is 25.5 Å². The molecule has 0 saturated carbocycles. The molecule has 2 amide bonds. The molecule has 3 heterocycles. The number of carbonyl (C=O) groups is 2. The van der Waals surface area contributed by atoms with Gasteiger partial charge in [0.1, 0.15) is 17.9 Å². The lowest BCUT2D eigenvalue weighted by Gasteiger charge is -2.43. The van der Waals surface area contributed by atoms with Gasteiger partial charge in [0.2, 0.25) is 5.91 Å². The average Bonchev–Trinajstić information content (AvgIpc) is 2.74. The fourth-order valence-electron chi connectivity index (χ4n) is 3.17. The Morgan fingerprint density at radius 1 is 1.33 bits per heavy atom. The molecule has 0 N–H and O–H groups in total. The molecule has 0 radical (unpaired) electrons. The normalized spacial score (nSPS) is 25.2.